The molecular weight excluding hydrogens is 274 g/mol. The largest absolute Gasteiger partial charge is 0.496 e. The van der Waals surface area contributed by atoms with E-state index >= 15 is 0 Å². The Morgan fingerprint density at radius 3 is 3.05 bits per heavy atom. The second kappa shape index (κ2) is 7.26. The molecular formula is C14H21N3O4. The van der Waals surface area contributed by atoms with E-state index in [1.54, 1.807) is 6.07 Å². The molecule has 1 saturated heterocycles. The van der Waals surface area contributed by atoms with Gasteiger partial charge in [-0.15, -0.1) is 0 Å². The lowest BCUT2D eigenvalue weighted by molar-refractivity contribution is -0.0551. The van der Waals surface area contributed by atoms with Crippen LogP contribution in [0.2, 0.25) is 0 Å². The summed E-state index contributed by atoms with van der Waals surface area (Å²) in [6, 6.07) is 5.58. The van der Waals surface area contributed by atoms with Crippen LogP contribution in [0.5, 0.6) is 5.75 Å². The smallest absolute Gasteiger partial charge is 0.173 e. The van der Waals surface area contributed by atoms with Crippen molar-refractivity contribution in [2.75, 3.05) is 33.4 Å². The van der Waals surface area contributed by atoms with E-state index in [4.69, 9.17) is 25.5 Å². The lowest BCUT2D eigenvalue weighted by atomic mass is 10.1. The molecule has 0 spiro atoms. The molecule has 1 aliphatic heterocycles. The van der Waals surface area contributed by atoms with Crippen LogP contribution in [0.25, 0.3) is 0 Å². The zero-order chi connectivity index (χ0) is 15.2. The van der Waals surface area contributed by atoms with E-state index in [1.165, 1.54) is 7.11 Å². The van der Waals surface area contributed by atoms with Crippen molar-refractivity contribution in [2.45, 2.75) is 12.6 Å². The van der Waals surface area contributed by atoms with Crippen molar-refractivity contribution in [2.24, 2.45) is 10.9 Å². The van der Waals surface area contributed by atoms with Crippen LogP contribution >= 0.6 is 0 Å². The first-order valence-corrected chi connectivity index (χ1v) is 6.77. The molecule has 1 atom stereocenters. The third kappa shape index (κ3) is 3.84. The van der Waals surface area contributed by atoms with E-state index in [2.05, 4.69) is 10.1 Å². The number of benzene rings is 1. The highest BCUT2D eigenvalue weighted by atomic mass is 16.5. The topological polar surface area (TPSA) is 101 Å². The van der Waals surface area contributed by atoms with Crippen LogP contribution in [-0.2, 0) is 11.3 Å². The Bertz CT molecular complexity index is 507. The molecule has 21 heavy (non-hydrogen) atoms. The molecule has 0 amide bonds. The first kappa shape index (κ1) is 15.6. The van der Waals surface area contributed by atoms with E-state index in [9.17, 15) is 0 Å². The van der Waals surface area contributed by atoms with Crippen LogP contribution < -0.4 is 10.5 Å². The third-order valence-corrected chi connectivity index (χ3v) is 3.48. The molecule has 0 aliphatic carbocycles. The molecule has 0 bridgehead atoms. The first-order valence-electron chi connectivity index (χ1n) is 6.77. The molecule has 4 N–H and O–H groups in total. The second-order valence-electron chi connectivity index (χ2n) is 4.93. The fraction of sp³-hybridized carbons (Fsp3) is 0.500. The molecule has 7 heteroatoms. The van der Waals surface area contributed by atoms with Crippen molar-refractivity contribution < 1.29 is 19.8 Å². The number of aliphatic hydroxyl groups is 1. The number of nitrogens with two attached hydrogens (primary N) is 1. The molecule has 0 aromatic heterocycles. The zero-order valence-corrected chi connectivity index (χ0v) is 12.0. The summed E-state index contributed by atoms with van der Waals surface area (Å²) in [4.78, 5) is 2.20. The molecule has 1 aliphatic rings. The van der Waals surface area contributed by atoms with Gasteiger partial charge in [-0.25, -0.2) is 0 Å². The number of ether oxygens (including phenoxy) is 2. The van der Waals surface area contributed by atoms with Gasteiger partial charge in [-0.3, -0.25) is 4.90 Å². The predicted octanol–water partition coefficient (Wildman–Crippen LogP) is -0.0172. The van der Waals surface area contributed by atoms with E-state index in [0.717, 1.165) is 12.1 Å². The molecule has 1 heterocycles. The lowest BCUT2D eigenvalue weighted by Crippen LogP contribution is -2.43. The van der Waals surface area contributed by atoms with Crippen molar-refractivity contribution in [3.05, 3.63) is 29.3 Å². The van der Waals surface area contributed by atoms with E-state index in [-0.39, 0.29) is 18.5 Å². The van der Waals surface area contributed by atoms with Crippen molar-refractivity contribution in [1.29, 1.82) is 0 Å². The summed E-state index contributed by atoms with van der Waals surface area (Å²) in [5.41, 5.74) is 7.25. The number of nitrogens with zero attached hydrogens (tertiary/aromatic N) is 2. The average Bonchev–Trinajstić information content (AvgIpc) is 2.54. The number of oxime groups is 1. The van der Waals surface area contributed by atoms with Crippen LogP contribution in [0.4, 0.5) is 0 Å². The molecule has 1 unspecified atom stereocenters. The SMILES string of the molecule is COc1ccc(CN2CCOC(CO)C2)cc1/C(N)=N/O. The number of aliphatic hydroxyl groups excluding tert-OH is 1. The maximum Gasteiger partial charge on any atom is 0.173 e. The van der Waals surface area contributed by atoms with Crippen LogP contribution in [-0.4, -0.2) is 60.6 Å². The molecule has 1 aromatic carbocycles. The van der Waals surface area contributed by atoms with Gasteiger partial charge in [0.15, 0.2) is 5.84 Å². The van der Waals surface area contributed by atoms with Crippen molar-refractivity contribution in [3.8, 4) is 5.75 Å². The van der Waals surface area contributed by atoms with Crippen LogP contribution in [0.15, 0.2) is 23.4 Å². The van der Waals surface area contributed by atoms with Gasteiger partial charge in [-0.05, 0) is 17.7 Å². The van der Waals surface area contributed by atoms with Crippen molar-refractivity contribution >= 4 is 5.84 Å². The summed E-state index contributed by atoms with van der Waals surface area (Å²) in [6.07, 6.45) is -0.138. The van der Waals surface area contributed by atoms with E-state index in [0.29, 0.717) is 31.0 Å². The number of rotatable bonds is 5. The monoisotopic (exact) mass is 295 g/mol. The van der Waals surface area contributed by atoms with Gasteiger partial charge in [-0.2, -0.15) is 0 Å². The maximum absolute atomic E-state index is 9.16. The average molecular weight is 295 g/mol. The molecule has 0 saturated carbocycles. The number of hydrogen-bond donors (Lipinski definition) is 3. The number of morpholine rings is 1. The number of hydrogen-bond acceptors (Lipinski definition) is 6. The Labute approximate surface area is 123 Å². The van der Waals surface area contributed by atoms with Crippen molar-refractivity contribution in [1.82, 2.24) is 4.90 Å². The second-order valence-corrected chi connectivity index (χ2v) is 4.93. The minimum absolute atomic E-state index is 0.0175. The van der Waals surface area contributed by atoms with Gasteiger partial charge in [0.05, 0.1) is 32.0 Å². The highest BCUT2D eigenvalue weighted by Crippen LogP contribution is 2.21. The Morgan fingerprint density at radius 2 is 2.38 bits per heavy atom. The summed E-state index contributed by atoms with van der Waals surface area (Å²) in [5, 5.41) is 21.0. The zero-order valence-electron chi connectivity index (χ0n) is 12.0. The lowest BCUT2D eigenvalue weighted by Gasteiger charge is -2.32. The van der Waals surface area contributed by atoms with Crippen molar-refractivity contribution in [3.63, 3.8) is 0 Å². The molecule has 2 rings (SSSR count). The van der Waals surface area contributed by atoms with E-state index in [1.807, 2.05) is 12.1 Å². The summed E-state index contributed by atoms with van der Waals surface area (Å²) in [5.74, 6) is 0.577. The fourth-order valence-electron chi connectivity index (χ4n) is 2.40. The van der Waals surface area contributed by atoms with Gasteiger partial charge in [0, 0.05) is 19.6 Å². The summed E-state index contributed by atoms with van der Waals surface area (Å²) in [7, 11) is 1.54. The standard InChI is InChI=1S/C14H21N3O4/c1-20-13-3-2-10(6-12(13)14(15)16-19)7-17-4-5-21-11(8-17)9-18/h2-3,6,11,18-19H,4-5,7-9H2,1H3,(H2,15,16). The Morgan fingerprint density at radius 1 is 1.57 bits per heavy atom. The summed E-state index contributed by atoms with van der Waals surface area (Å²) in [6.45, 7) is 2.82. The van der Waals surface area contributed by atoms with Crippen LogP contribution in [0.1, 0.15) is 11.1 Å². The fourth-order valence-corrected chi connectivity index (χ4v) is 2.40. The minimum atomic E-state index is -0.138. The Balaban J connectivity index is 2.13. The first-order chi connectivity index (χ1) is 10.2. The molecule has 1 aromatic rings. The normalized spacial score (nSPS) is 20.5. The molecule has 116 valence electrons. The van der Waals surface area contributed by atoms with Gasteiger partial charge in [-0.1, -0.05) is 11.2 Å². The van der Waals surface area contributed by atoms with Crippen LogP contribution in [0.3, 0.4) is 0 Å². The highest BCUT2D eigenvalue weighted by Gasteiger charge is 2.20. The van der Waals surface area contributed by atoms with Gasteiger partial charge < -0.3 is 25.5 Å². The summed E-state index contributed by atoms with van der Waals surface area (Å²) >= 11 is 0. The predicted molar refractivity (Wildman–Crippen MR) is 77.6 cm³/mol. The third-order valence-electron chi connectivity index (χ3n) is 3.48. The molecule has 1 fully saturated rings. The van der Waals surface area contributed by atoms with Gasteiger partial charge >= 0.3 is 0 Å². The van der Waals surface area contributed by atoms with Gasteiger partial charge in [0.1, 0.15) is 5.75 Å². The highest BCUT2D eigenvalue weighted by molar-refractivity contribution is 5.99. The van der Waals surface area contributed by atoms with Gasteiger partial charge in [0.25, 0.3) is 0 Å². The van der Waals surface area contributed by atoms with Crippen LogP contribution in [0, 0.1) is 0 Å². The molecule has 0 radical (unpaired) electrons. The quantitative estimate of drug-likeness (QED) is 0.305. The Kier molecular flexibility index (Phi) is 5.38. The summed E-state index contributed by atoms with van der Waals surface area (Å²) < 4.78 is 10.6. The molecule has 7 nitrogen and oxygen atoms in total. The maximum atomic E-state index is 9.16. The Hall–Kier alpha value is -1.83. The van der Waals surface area contributed by atoms with Gasteiger partial charge in [0.2, 0.25) is 0 Å². The number of methoxy groups -OCH3 is 1. The number of amidine groups is 1. The van der Waals surface area contributed by atoms with E-state index < -0.39 is 0 Å². The minimum Gasteiger partial charge on any atom is -0.496 e.